The summed E-state index contributed by atoms with van der Waals surface area (Å²) in [4.78, 5) is 62.9. The molecule has 0 N–H and O–H groups in total. The minimum atomic E-state index is -1.30. The van der Waals surface area contributed by atoms with Crippen LogP contribution in [-0.4, -0.2) is 78.9 Å². The molecule has 0 unspecified atom stereocenters. The van der Waals surface area contributed by atoms with E-state index in [4.69, 9.17) is 4.74 Å². The van der Waals surface area contributed by atoms with Gasteiger partial charge in [0.1, 0.15) is 12.1 Å². The summed E-state index contributed by atoms with van der Waals surface area (Å²) in [5.74, 6) is -2.41. The number of imide groups is 1. The molecule has 4 amide bonds. The molecule has 7 rings (SSSR count). The van der Waals surface area contributed by atoms with Crippen LogP contribution < -0.4 is 9.80 Å². The smallest absolute Gasteiger partial charge is 0.253 e. The van der Waals surface area contributed by atoms with E-state index < -0.39 is 17.4 Å². The third kappa shape index (κ3) is 3.06. The van der Waals surface area contributed by atoms with Gasteiger partial charge < -0.3 is 14.5 Å². The first-order valence-electron chi connectivity index (χ1n) is 13.5. The van der Waals surface area contributed by atoms with Crippen LogP contribution in [0.15, 0.2) is 54.6 Å². The van der Waals surface area contributed by atoms with Crippen LogP contribution >= 0.6 is 0 Å². The number of hydrogen-bond donors (Lipinski definition) is 0. The molecule has 0 saturated carbocycles. The Morgan fingerprint density at radius 2 is 1.63 bits per heavy atom. The van der Waals surface area contributed by atoms with Gasteiger partial charge in [-0.25, -0.2) is 4.90 Å². The Kier molecular flexibility index (Phi) is 5.42. The van der Waals surface area contributed by atoms with Crippen molar-refractivity contribution < 1.29 is 23.9 Å². The lowest BCUT2D eigenvalue weighted by molar-refractivity contribution is -0.140. The van der Waals surface area contributed by atoms with Gasteiger partial charge in [0, 0.05) is 30.4 Å². The Morgan fingerprint density at radius 3 is 2.42 bits per heavy atom. The zero-order valence-corrected chi connectivity index (χ0v) is 21.1. The largest absolute Gasteiger partial charge is 0.378 e. The van der Waals surface area contributed by atoms with Crippen LogP contribution in [0.4, 0.5) is 11.4 Å². The molecule has 9 heteroatoms. The summed E-state index contributed by atoms with van der Waals surface area (Å²) in [5.41, 5.74) is 0.624. The van der Waals surface area contributed by atoms with Crippen LogP contribution in [-0.2, 0) is 29.5 Å². The number of morpholine rings is 1. The lowest BCUT2D eigenvalue weighted by Crippen LogP contribution is -2.59. The first-order chi connectivity index (χ1) is 18.5. The predicted molar refractivity (Wildman–Crippen MR) is 138 cm³/mol. The van der Waals surface area contributed by atoms with Gasteiger partial charge in [-0.15, -0.1) is 0 Å². The van der Waals surface area contributed by atoms with E-state index in [-0.39, 0.29) is 36.2 Å². The number of carbonyl (C=O) groups is 4. The van der Waals surface area contributed by atoms with E-state index in [0.717, 1.165) is 24.8 Å². The van der Waals surface area contributed by atoms with Crippen molar-refractivity contribution in [3.05, 3.63) is 60.2 Å². The molecule has 4 atom stereocenters. The maximum Gasteiger partial charge on any atom is 0.253 e. The Balaban J connectivity index is 1.35. The number of benzene rings is 2. The Hall–Kier alpha value is -3.56. The molecule has 5 aliphatic rings. The van der Waals surface area contributed by atoms with Crippen LogP contribution in [0.25, 0.3) is 0 Å². The average Bonchev–Trinajstić information content (AvgIpc) is 3.51. The van der Waals surface area contributed by atoms with E-state index in [1.54, 1.807) is 21.9 Å². The molecule has 0 aliphatic carbocycles. The summed E-state index contributed by atoms with van der Waals surface area (Å²) >= 11 is 0. The second-order valence-electron chi connectivity index (χ2n) is 10.8. The zero-order valence-electron chi connectivity index (χ0n) is 21.1. The highest BCUT2D eigenvalue weighted by Gasteiger charge is 2.75. The minimum Gasteiger partial charge on any atom is -0.378 e. The summed E-state index contributed by atoms with van der Waals surface area (Å²) < 4.78 is 5.39. The lowest BCUT2D eigenvalue weighted by atomic mass is 9.76. The van der Waals surface area contributed by atoms with Gasteiger partial charge >= 0.3 is 0 Å². The predicted octanol–water partition coefficient (Wildman–Crippen LogP) is 1.76. The zero-order chi connectivity index (χ0) is 26.0. The highest BCUT2D eigenvalue weighted by atomic mass is 16.5. The fourth-order valence-electron chi connectivity index (χ4n) is 7.54. The third-order valence-corrected chi connectivity index (χ3v) is 9.07. The molecule has 0 bridgehead atoms. The van der Waals surface area contributed by atoms with Gasteiger partial charge in [-0.1, -0.05) is 42.8 Å². The molecular weight excluding hydrogens is 484 g/mol. The Morgan fingerprint density at radius 1 is 0.895 bits per heavy atom. The number of amides is 4. The molecular formula is C29H30N4O5. The fourth-order valence-corrected chi connectivity index (χ4v) is 7.54. The number of rotatable bonds is 3. The number of anilines is 2. The maximum atomic E-state index is 14.7. The molecule has 1 spiro atoms. The SMILES string of the molecule is O=C(CN1C(=O)[C@]2(c3ccccc31)[C@@H]1C(=O)N(c3ccccc3)C(=O)[C@H]1[C@H]1CCCCN12)N1CCOCC1. The number of ether oxygens (including phenoxy) is 1. The van der Waals surface area contributed by atoms with Crippen LogP contribution in [0, 0.1) is 11.8 Å². The summed E-state index contributed by atoms with van der Waals surface area (Å²) in [6.45, 7) is 2.47. The van der Waals surface area contributed by atoms with Gasteiger partial charge in [0.05, 0.1) is 30.7 Å². The minimum absolute atomic E-state index is 0.0992. The van der Waals surface area contributed by atoms with Crippen molar-refractivity contribution in [2.45, 2.75) is 30.8 Å². The molecule has 2 aromatic rings. The standard InChI is InChI=1S/C29H30N4O5/c34-23(30-14-16-38-17-15-30)18-31-21-11-5-4-10-20(21)29(28(31)37)25-24(22-12-6-7-13-32(22)29)26(35)33(27(25)36)19-8-2-1-3-9-19/h1-5,8-11,22,24-25H,6-7,12-18H2/t22-,24+,25+,29+/m1/s1. The Bertz CT molecular complexity index is 1330. The number of piperidine rings is 1. The summed E-state index contributed by atoms with van der Waals surface area (Å²) in [6, 6.07) is 16.3. The summed E-state index contributed by atoms with van der Waals surface area (Å²) in [7, 11) is 0. The quantitative estimate of drug-likeness (QED) is 0.580. The molecule has 0 radical (unpaired) electrons. The lowest BCUT2D eigenvalue weighted by Gasteiger charge is -2.42. The van der Waals surface area contributed by atoms with Crippen LogP contribution in [0.5, 0.6) is 0 Å². The van der Waals surface area contributed by atoms with E-state index in [1.165, 1.54) is 4.90 Å². The van der Waals surface area contributed by atoms with Gasteiger partial charge in [0.15, 0.2) is 0 Å². The third-order valence-electron chi connectivity index (χ3n) is 9.07. The van der Waals surface area contributed by atoms with Gasteiger partial charge in [0.25, 0.3) is 5.91 Å². The molecule has 2 aromatic carbocycles. The molecule has 5 heterocycles. The highest BCUT2D eigenvalue weighted by Crippen LogP contribution is 2.61. The first kappa shape index (κ1) is 23.5. The second-order valence-corrected chi connectivity index (χ2v) is 10.8. The van der Waals surface area contributed by atoms with Crippen molar-refractivity contribution in [3.63, 3.8) is 0 Å². The molecule has 4 saturated heterocycles. The van der Waals surface area contributed by atoms with Crippen LogP contribution in [0.3, 0.4) is 0 Å². The normalized spacial score (nSPS) is 30.7. The van der Waals surface area contributed by atoms with E-state index >= 15 is 0 Å². The molecule has 38 heavy (non-hydrogen) atoms. The molecule has 0 aromatic heterocycles. The van der Waals surface area contributed by atoms with E-state index in [2.05, 4.69) is 4.90 Å². The van der Waals surface area contributed by atoms with Crippen molar-refractivity contribution in [2.24, 2.45) is 11.8 Å². The topological polar surface area (TPSA) is 90.5 Å². The van der Waals surface area contributed by atoms with Crippen LogP contribution in [0.2, 0.25) is 0 Å². The van der Waals surface area contributed by atoms with E-state index in [0.29, 0.717) is 44.2 Å². The number of fused-ring (bicyclic) bond motifs is 7. The Labute approximate surface area is 220 Å². The number of hydrogen-bond acceptors (Lipinski definition) is 6. The van der Waals surface area contributed by atoms with Crippen molar-refractivity contribution in [3.8, 4) is 0 Å². The van der Waals surface area contributed by atoms with Gasteiger partial charge in [-0.2, -0.15) is 0 Å². The van der Waals surface area contributed by atoms with Gasteiger partial charge in [-0.05, 0) is 37.6 Å². The number of para-hydroxylation sites is 2. The summed E-state index contributed by atoms with van der Waals surface area (Å²) in [5, 5.41) is 0. The molecule has 196 valence electrons. The molecule has 5 aliphatic heterocycles. The summed E-state index contributed by atoms with van der Waals surface area (Å²) in [6.07, 6.45) is 2.60. The first-order valence-corrected chi connectivity index (χ1v) is 13.5. The second kappa shape index (κ2) is 8.74. The molecule has 4 fully saturated rings. The van der Waals surface area contributed by atoms with Gasteiger partial charge in [-0.3, -0.25) is 24.1 Å². The van der Waals surface area contributed by atoms with E-state index in [1.807, 2.05) is 42.5 Å². The monoisotopic (exact) mass is 514 g/mol. The van der Waals surface area contributed by atoms with Crippen LogP contribution in [0.1, 0.15) is 24.8 Å². The fraction of sp³-hybridized carbons (Fsp3) is 0.448. The molecule has 9 nitrogen and oxygen atoms in total. The highest BCUT2D eigenvalue weighted by molar-refractivity contribution is 6.26. The van der Waals surface area contributed by atoms with E-state index in [9.17, 15) is 19.2 Å². The van der Waals surface area contributed by atoms with Crippen molar-refractivity contribution in [2.75, 3.05) is 49.2 Å². The van der Waals surface area contributed by atoms with Crippen molar-refractivity contribution in [1.82, 2.24) is 9.80 Å². The maximum absolute atomic E-state index is 14.7. The van der Waals surface area contributed by atoms with Gasteiger partial charge in [0.2, 0.25) is 17.7 Å². The average molecular weight is 515 g/mol. The van der Waals surface area contributed by atoms with Crippen molar-refractivity contribution in [1.29, 1.82) is 0 Å². The number of nitrogens with zero attached hydrogens (tertiary/aromatic N) is 4. The number of carbonyl (C=O) groups excluding carboxylic acids is 4. The van der Waals surface area contributed by atoms with Crippen molar-refractivity contribution >= 4 is 35.0 Å².